The molecule has 1 unspecified atom stereocenters. The van der Waals surface area contributed by atoms with E-state index in [2.05, 4.69) is 21.5 Å². The Labute approximate surface area is 126 Å². The fourth-order valence-corrected chi connectivity index (χ4v) is 4.31. The van der Waals surface area contributed by atoms with Crippen LogP contribution >= 0.6 is 0 Å². The molecule has 21 heavy (non-hydrogen) atoms. The molecule has 2 aliphatic rings. The maximum atomic E-state index is 12.2. The Morgan fingerprint density at radius 1 is 1.38 bits per heavy atom. The van der Waals surface area contributed by atoms with Crippen LogP contribution in [0.1, 0.15) is 31.7 Å². The van der Waals surface area contributed by atoms with Crippen LogP contribution in [0.15, 0.2) is 33.6 Å². The summed E-state index contributed by atoms with van der Waals surface area (Å²) >= 11 is 0. The average Bonchev–Trinajstić information content (AvgIpc) is 2.78. The summed E-state index contributed by atoms with van der Waals surface area (Å²) in [5.41, 5.74) is 0.747. The molecule has 1 aromatic rings. The van der Waals surface area contributed by atoms with Crippen molar-refractivity contribution in [1.29, 1.82) is 0 Å². The number of hydrogen-bond acceptors (Lipinski definition) is 4. The fraction of sp³-hybridized carbons (Fsp3) is 0.533. The third kappa shape index (κ3) is 2.70. The van der Waals surface area contributed by atoms with Crippen LogP contribution in [0.2, 0.25) is 0 Å². The zero-order valence-corrected chi connectivity index (χ0v) is 13.1. The molecule has 1 saturated heterocycles. The molecule has 1 atom stereocenters. The predicted molar refractivity (Wildman–Crippen MR) is 83.1 cm³/mol. The van der Waals surface area contributed by atoms with E-state index in [1.165, 1.54) is 0 Å². The van der Waals surface area contributed by atoms with E-state index in [9.17, 15) is 8.42 Å². The fourth-order valence-electron chi connectivity index (χ4n) is 3.10. The summed E-state index contributed by atoms with van der Waals surface area (Å²) in [7, 11) is -3.53. The van der Waals surface area contributed by atoms with Gasteiger partial charge < -0.3 is 10.2 Å². The van der Waals surface area contributed by atoms with Crippen molar-refractivity contribution in [2.75, 3.05) is 19.6 Å². The van der Waals surface area contributed by atoms with Crippen molar-refractivity contribution >= 4 is 15.9 Å². The zero-order chi connectivity index (χ0) is 14.9. The Morgan fingerprint density at radius 3 is 2.90 bits per heavy atom. The molecule has 0 aliphatic carbocycles. The van der Waals surface area contributed by atoms with E-state index in [0.717, 1.165) is 44.5 Å². The van der Waals surface area contributed by atoms with Gasteiger partial charge in [-0.3, -0.25) is 0 Å². The van der Waals surface area contributed by atoms with Gasteiger partial charge in [-0.05, 0) is 37.9 Å². The lowest BCUT2D eigenvalue weighted by atomic mass is 10.0. The molecule has 0 spiro atoms. The highest BCUT2D eigenvalue weighted by Gasteiger charge is 2.34. The molecule has 0 amide bonds. The number of rotatable bonds is 3. The van der Waals surface area contributed by atoms with Crippen LogP contribution in [-0.2, 0) is 10.0 Å². The normalized spacial score (nSPS) is 23.5. The Morgan fingerprint density at radius 2 is 2.19 bits per heavy atom. The van der Waals surface area contributed by atoms with Gasteiger partial charge in [0.25, 0.3) is 10.0 Å². The lowest BCUT2D eigenvalue weighted by Gasteiger charge is -2.36. The van der Waals surface area contributed by atoms with Gasteiger partial charge in [0.2, 0.25) is 0 Å². The number of amidine groups is 1. The summed E-state index contributed by atoms with van der Waals surface area (Å²) in [6, 6.07) is 7.44. The molecular formula is C15H21N3O2S. The van der Waals surface area contributed by atoms with E-state index in [4.69, 9.17) is 0 Å². The van der Waals surface area contributed by atoms with Crippen LogP contribution in [0.5, 0.6) is 0 Å². The average molecular weight is 307 g/mol. The van der Waals surface area contributed by atoms with Crippen molar-refractivity contribution in [3.05, 3.63) is 29.8 Å². The van der Waals surface area contributed by atoms with Gasteiger partial charge in [0.1, 0.15) is 4.90 Å². The number of fused-ring (bicyclic) bond motifs is 1. The summed E-state index contributed by atoms with van der Waals surface area (Å²) in [4.78, 5) is 2.51. The molecule has 5 nitrogen and oxygen atoms in total. The summed E-state index contributed by atoms with van der Waals surface area (Å²) < 4.78 is 28.5. The zero-order valence-electron chi connectivity index (χ0n) is 12.2. The highest BCUT2D eigenvalue weighted by Crippen LogP contribution is 2.29. The number of nitrogens with zero attached hydrogens (tertiary/aromatic N) is 2. The highest BCUT2D eigenvalue weighted by atomic mass is 32.2. The van der Waals surface area contributed by atoms with Crippen molar-refractivity contribution in [2.24, 2.45) is 4.40 Å². The van der Waals surface area contributed by atoms with Crippen LogP contribution < -0.4 is 5.32 Å². The number of hydrogen-bond donors (Lipinski definition) is 1. The first-order valence-corrected chi connectivity index (χ1v) is 8.99. The smallest absolute Gasteiger partial charge is 0.285 e. The lowest BCUT2D eigenvalue weighted by Crippen LogP contribution is -2.49. The molecule has 2 heterocycles. The number of sulfonamides is 1. The van der Waals surface area contributed by atoms with Crippen molar-refractivity contribution in [3.8, 4) is 0 Å². The largest absolute Gasteiger partial charge is 0.351 e. The third-order valence-corrected chi connectivity index (χ3v) is 5.39. The summed E-state index contributed by atoms with van der Waals surface area (Å²) in [5, 5.41) is 3.40. The minimum atomic E-state index is -3.53. The maximum absolute atomic E-state index is 12.2. The SMILES string of the molecule is CCCN(C1=NS(=O)(=O)c2ccccc21)C1CCCNC1. The van der Waals surface area contributed by atoms with Crippen molar-refractivity contribution in [3.63, 3.8) is 0 Å². The quantitative estimate of drug-likeness (QED) is 0.921. The van der Waals surface area contributed by atoms with Crippen LogP contribution in [0.25, 0.3) is 0 Å². The lowest BCUT2D eigenvalue weighted by molar-refractivity contribution is 0.257. The third-order valence-electron chi connectivity index (χ3n) is 4.06. The van der Waals surface area contributed by atoms with Gasteiger partial charge in [-0.2, -0.15) is 8.42 Å². The van der Waals surface area contributed by atoms with Gasteiger partial charge in [-0.25, -0.2) is 0 Å². The molecule has 1 aromatic carbocycles. The molecule has 0 bridgehead atoms. The van der Waals surface area contributed by atoms with Crippen molar-refractivity contribution in [2.45, 2.75) is 37.1 Å². The number of piperidine rings is 1. The second-order valence-corrected chi connectivity index (χ2v) is 7.15. The highest BCUT2D eigenvalue weighted by molar-refractivity contribution is 7.90. The van der Waals surface area contributed by atoms with Gasteiger partial charge in [0.05, 0.1) is 0 Å². The molecule has 3 rings (SSSR count). The van der Waals surface area contributed by atoms with Crippen LogP contribution in [-0.4, -0.2) is 44.8 Å². The van der Waals surface area contributed by atoms with E-state index in [0.29, 0.717) is 16.8 Å². The first kappa shape index (κ1) is 14.5. The first-order chi connectivity index (χ1) is 10.1. The molecule has 6 heteroatoms. The first-order valence-electron chi connectivity index (χ1n) is 7.55. The predicted octanol–water partition coefficient (Wildman–Crippen LogP) is 1.60. The molecule has 1 fully saturated rings. The monoisotopic (exact) mass is 307 g/mol. The molecule has 0 radical (unpaired) electrons. The van der Waals surface area contributed by atoms with E-state index >= 15 is 0 Å². The van der Waals surface area contributed by atoms with E-state index in [1.807, 2.05) is 12.1 Å². The Bertz CT molecular complexity index is 649. The topological polar surface area (TPSA) is 61.8 Å². The van der Waals surface area contributed by atoms with Crippen molar-refractivity contribution in [1.82, 2.24) is 10.2 Å². The summed E-state index contributed by atoms with van der Waals surface area (Å²) in [6.07, 6.45) is 3.17. The maximum Gasteiger partial charge on any atom is 0.285 e. The van der Waals surface area contributed by atoms with E-state index < -0.39 is 10.0 Å². The second kappa shape index (κ2) is 5.77. The van der Waals surface area contributed by atoms with E-state index in [-0.39, 0.29) is 0 Å². The van der Waals surface area contributed by atoms with Gasteiger partial charge in [0.15, 0.2) is 5.84 Å². The van der Waals surface area contributed by atoms with Crippen LogP contribution in [0, 0.1) is 0 Å². The molecule has 2 aliphatic heterocycles. The van der Waals surface area contributed by atoms with Gasteiger partial charge in [-0.1, -0.05) is 19.1 Å². The van der Waals surface area contributed by atoms with Crippen molar-refractivity contribution < 1.29 is 8.42 Å². The minimum absolute atomic E-state index is 0.318. The number of nitrogens with one attached hydrogen (secondary N) is 1. The Balaban J connectivity index is 2.00. The summed E-state index contributed by atoms with van der Waals surface area (Å²) in [6.45, 7) is 4.87. The van der Waals surface area contributed by atoms with Gasteiger partial charge >= 0.3 is 0 Å². The molecule has 1 N–H and O–H groups in total. The Hall–Kier alpha value is -1.40. The Kier molecular flexibility index (Phi) is 3.99. The standard InChI is InChI=1S/C15H21N3O2S/c1-2-10-18(12-6-5-9-16-11-12)15-13-7-3-4-8-14(13)21(19,20)17-15/h3-4,7-8,12,16H,2,5-6,9-11H2,1H3. The molecule has 114 valence electrons. The molecule has 0 saturated carbocycles. The van der Waals surface area contributed by atoms with Gasteiger partial charge in [-0.15, -0.1) is 4.40 Å². The molecule has 0 aromatic heterocycles. The van der Waals surface area contributed by atoms with Gasteiger partial charge in [0, 0.05) is 24.7 Å². The summed E-state index contributed by atoms with van der Waals surface area (Å²) in [5.74, 6) is 0.626. The second-order valence-electron chi connectivity index (χ2n) is 5.58. The minimum Gasteiger partial charge on any atom is -0.351 e. The molecular weight excluding hydrogens is 286 g/mol. The van der Waals surface area contributed by atoms with Crippen LogP contribution in [0.3, 0.4) is 0 Å². The number of benzene rings is 1. The van der Waals surface area contributed by atoms with Crippen LogP contribution in [0.4, 0.5) is 0 Å². The van der Waals surface area contributed by atoms with E-state index in [1.54, 1.807) is 12.1 Å².